The van der Waals surface area contributed by atoms with Crippen molar-refractivity contribution in [2.24, 2.45) is 11.7 Å². The van der Waals surface area contributed by atoms with Crippen LogP contribution >= 0.6 is 11.6 Å². The third-order valence-corrected chi connectivity index (χ3v) is 6.49. The summed E-state index contributed by atoms with van der Waals surface area (Å²) in [6.07, 6.45) is 1.01. The second kappa shape index (κ2) is 12.6. The van der Waals surface area contributed by atoms with Gasteiger partial charge >= 0.3 is 5.97 Å². The van der Waals surface area contributed by atoms with E-state index in [-0.39, 0.29) is 17.9 Å². The molecule has 1 heterocycles. The second-order valence-corrected chi connectivity index (χ2v) is 10.0. The van der Waals surface area contributed by atoms with Gasteiger partial charge in [-0.2, -0.15) is 5.26 Å². The maximum atomic E-state index is 12.5. The van der Waals surface area contributed by atoms with E-state index in [2.05, 4.69) is 19.9 Å². The average Bonchev–Trinajstić information content (AvgIpc) is 2.90. The van der Waals surface area contributed by atoms with Crippen LogP contribution in [0.5, 0.6) is 23.0 Å². The maximum absolute atomic E-state index is 12.5. The zero-order valence-corrected chi connectivity index (χ0v) is 23.0. The van der Waals surface area contributed by atoms with Crippen molar-refractivity contribution >= 4 is 17.6 Å². The normalized spacial score (nSPS) is 14.3. The van der Waals surface area contributed by atoms with Crippen LogP contribution < -0.4 is 24.7 Å². The van der Waals surface area contributed by atoms with Gasteiger partial charge in [0.05, 0.1) is 25.6 Å². The number of allylic oxidation sites excluding steroid dienone is 1. The Balaban J connectivity index is 1.61. The lowest BCUT2D eigenvalue weighted by Crippen LogP contribution is -2.21. The quantitative estimate of drug-likeness (QED) is 0.228. The minimum Gasteiger partial charge on any atom is -0.490 e. The second-order valence-electron chi connectivity index (χ2n) is 9.57. The highest BCUT2D eigenvalue weighted by molar-refractivity contribution is 6.30. The van der Waals surface area contributed by atoms with E-state index >= 15 is 0 Å². The van der Waals surface area contributed by atoms with Gasteiger partial charge in [0.2, 0.25) is 5.88 Å². The summed E-state index contributed by atoms with van der Waals surface area (Å²) in [5, 5.41) is 10.5. The molecule has 0 aliphatic carbocycles. The van der Waals surface area contributed by atoms with Crippen molar-refractivity contribution in [2.75, 3.05) is 13.2 Å². The van der Waals surface area contributed by atoms with Gasteiger partial charge in [-0.3, -0.25) is 4.79 Å². The topological polar surface area (TPSA) is 104 Å². The van der Waals surface area contributed by atoms with Gasteiger partial charge in [-0.05, 0) is 60.7 Å². The van der Waals surface area contributed by atoms with Crippen LogP contribution in [-0.2, 0) is 11.2 Å². The van der Waals surface area contributed by atoms with Gasteiger partial charge in [-0.15, -0.1) is 0 Å². The van der Waals surface area contributed by atoms with Crippen molar-refractivity contribution in [1.82, 2.24) is 0 Å². The first kappa shape index (κ1) is 27.9. The molecule has 4 rings (SSSR count). The van der Waals surface area contributed by atoms with Crippen molar-refractivity contribution in [1.29, 1.82) is 5.26 Å². The lowest BCUT2D eigenvalue weighted by molar-refractivity contribution is -0.133. The van der Waals surface area contributed by atoms with Crippen LogP contribution in [0, 0.1) is 17.2 Å². The summed E-state index contributed by atoms with van der Waals surface area (Å²) >= 11 is 5.92. The molecule has 1 atom stereocenters. The molecular formula is C31H31ClN2O5. The van der Waals surface area contributed by atoms with E-state index in [0.717, 1.165) is 17.5 Å². The minimum atomic E-state index is -0.499. The molecule has 1 aliphatic heterocycles. The predicted octanol–water partition coefficient (Wildman–Crippen LogP) is 6.53. The molecule has 3 aromatic carbocycles. The van der Waals surface area contributed by atoms with Crippen LogP contribution in [0.15, 0.2) is 72.1 Å². The Bertz CT molecular complexity index is 1410. The highest BCUT2D eigenvalue weighted by atomic mass is 35.5. The van der Waals surface area contributed by atoms with Crippen molar-refractivity contribution in [3.05, 3.63) is 93.8 Å². The van der Waals surface area contributed by atoms with Crippen molar-refractivity contribution in [3.8, 4) is 29.1 Å². The number of carbonyl (C=O) groups excluding carboxylic acids is 1. The Kier molecular flexibility index (Phi) is 9.00. The van der Waals surface area contributed by atoms with E-state index in [4.69, 9.17) is 36.3 Å². The summed E-state index contributed by atoms with van der Waals surface area (Å²) < 4.78 is 23.2. The fourth-order valence-electron chi connectivity index (χ4n) is 4.27. The Morgan fingerprint density at radius 2 is 1.85 bits per heavy atom. The fraction of sp³-hybridized carbons (Fsp3) is 0.290. The van der Waals surface area contributed by atoms with Crippen LogP contribution in [0.3, 0.4) is 0 Å². The van der Waals surface area contributed by atoms with E-state index in [1.165, 1.54) is 0 Å². The van der Waals surface area contributed by atoms with Crippen LogP contribution in [0.2, 0.25) is 5.02 Å². The van der Waals surface area contributed by atoms with E-state index in [0.29, 0.717) is 52.7 Å². The highest BCUT2D eigenvalue weighted by Crippen LogP contribution is 2.45. The van der Waals surface area contributed by atoms with Crippen molar-refractivity contribution < 1.29 is 23.7 Å². The number of ether oxygens (including phenoxy) is 4. The Morgan fingerprint density at radius 1 is 1.08 bits per heavy atom. The van der Waals surface area contributed by atoms with Crippen LogP contribution in [-0.4, -0.2) is 19.2 Å². The third-order valence-electron chi connectivity index (χ3n) is 6.24. The van der Waals surface area contributed by atoms with Crippen LogP contribution in [0.1, 0.15) is 49.8 Å². The van der Waals surface area contributed by atoms with Gasteiger partial charge in [0.1, 0.15) is 23.1 Å². The molecule has 0 fully saturated rings. The summed E-state index contributed by atoms with van der Waals surface area (Å²) in [6, 6.07) is 19.9. The fourth-order valence-corrected chi connectivity index (χ4v) is 4.40. The smallest absolute Gasteiger partial charge is 0.315 e. The molecule has 0 saturated carbocycles. The molecule has 0 amide bonds. The first-order valence-corrected chi connectivity index (χ1v) is 13.2. The number of esters is 1. The van der Waals surface area contributed by atoms with Crippen molar-refractivity contribution in [3.63, 3.8) is 0 Å². The molecule has 3 aromatic rings. The number of hydrogen-bond donors (Lipinski definition) is 1. The molecule has 39 heavy (non-hydrogen) atoms. The SMILES string of the molecule is CCOc1cc(C2C(C#N)=C(N)Oc3cc(OC(=O)Cc4ccc(Cl)cc4)ccc32)ccc1OCCC(C)C. The van der Waals surface area contributed by atoms with E-state index in [1.54, 1.807) is 42.5 Å². The molecule has 0 bridgehead atoms. The molecule has 0 spiro atoms. The van der Waals surface area contributed by atoms with Gasteiger partial charge < -0.3 is 24.7 Å². The molecule has 0 saturated heterocycles. The lowest BCUT2D eigenvalue weighted by atomic mass is 9.83. The number of nitrogens with zero attached hydrogens (tertiary/aromatic N) is 1. The monoisotopic (exact) mass is 546 g/mol. The molecule has 0 aromatic heterocycles. The molecule has 202 valence electrons. The molecule has 7 nitrogen and oxygen atoms in total. The molecule has 1 unspecified atom stereocenters. The Morgan fingerprint density at radius 3 is 2.54 bits per heavy atom. The van der Waals surface area contributed by atoms with E-state index < -0.39 is 11.9 Å². The first-order valence-electron chi connectivity index (χ1n) is 12.8. The number of nitrogens with two attached hydrogens (primary N) is 1. The first-order chi connectivity index (χ1) is 18.8. The van der Waals surface area contributed by atoms with Gasteiger partial charge in [-0.1, -0.05) is 49.7 Å². The lowest BCUT2D eigenvalue weighted by Gasteiger charge is -2.27. The van der Waals surface area contributed by atoms with E-state index in [1.807, 2.05) is 25.1 Å². The van der Waals surface area contributed by atoms with Crippen molar-refractivity contribution in [2.45, 2.75) is 39.5 Å². The van der Waals surface area contributed by atoms with Gasteiger partial charge in [0.15, 0.2) is 11.5 Å². The van der Waals surface area contributed by atoms with Crippen LogP contribution in [0.4, 0.5) is 0 Å². The Labute approximate surface area is 233 Å². The minimum absolute atomic E-state index is 0.00476. The number of nitriles is 1. The zero-order chi connectivity index (χ0) is 27.9. The number of halogens is 1. The third kappa shape index (κ3) is 6.84. The van der Waals surface area contributed by atoms with Gasteiger partial charge in [0.25, 0.3) is 0 Å². The summed E-state index contributed by atoms with van der Waals surface area (Å²) in [4.78, 5) is 12.5. The van der Waals surface area contributed by atoms with Gasteiger partial charge in [-0.25, -0.2) is 0 Å². The number of fused-ring (bicyclic) bond motifs is 1. The average molecular weight is 547 g/mol. The molecule has 8 heteroatoms. The maximum Gasteiger partial charge on any atom is 0.315 e. The number of hydrogen-bond acceptors (Lipinski definition) is 7. The predicted molar refractivity (Wildman–Crippen MR) is 149 cm³/mol. The zero-order valence-electron chi connectivity index (χ0n) is 22.2. The number of rotatable bonds is 10. The largest absolute Gasteiger partial charge is 0.490 e. The number of benzene rings is 3. The molecule has 1 aliphatic rings. The molecule has 0 radical (unpaired) electrons. The summed E-state index contributed by atoms with van der Waals surface area (Å²) in [6.45, 7) is 7.23. The van der Waals surface area contributed by atoms with Crippen LogP contribution in [0.25, 0.3) is 0 Å². The Hall–Kier alpha value is -4.15. The summed E-state index contributed by atoms with van der Waals surface area (Å²) in [7, 11) is 0. The van der Waals surface area contributed by atoms with Gasteiger partial charge in [0, 0.05) is 16.7 Å². The summed E-state index contributed by atoms with van der Waals surface area (Å²) in [5.74, 6) is 1.54. The standard InChI is InChI=1S/C31H31ClN2O5/c1-4-36-28-16-21(7-12-26(28)37-14-13-19(2)3)30-24-11-10-23(17-27(24)39-31(34)25(30)18-33)38-29(35)15-20-5-8-22(32)9-6-20/h5-12,16-17,19,30H,4,13-15,34H2,1-3H3. The molecular weight excluding hydrogens is 516 g/mol. The molecule has 2 N–H and O–H groups in total. The summed E-state index contributed by atoms with van der Waals surface area (Å²) in [5.41, 5.74) is 8.76. The number of carbonyl (C=O) groups is 1. The van der Waals surface area contributed by atoms with E-state index in [9.17, 15) is 10.1 Å². The highest BCUT2D eigenvalue weighted by Gasteiger charge is 2.32.